The Hall–Kier alpha value is -1.77. The lowest BCUT2D eigenvalue weighted by molar-refractivity contribution is -0.134. The number of piperidine rings is 1. The minimum atomic E-state index is 0.271. The van der Waals surface area contributed by atoms with Gasteiger partial charge < -0.3 is 9.64 Å². The highest BCUT2D eigenvalue weighted by molar-refractivity contribution is 5.80. The fourth-order valence-electron chi connectivity index (χ4n) is 4.29. The lowest BCUT2D eigenvalue weighted by Gasteiger charge is -2.36. The number of hydrogen-bond donors (Lipinski definition) is 0. The quantitative estimate of drug-likeness (QED) is 0.793. The summed E-state index contributed by atoms with van der Waals surface area (Å²) in [5.74, 6) is 1.94. The van der Waals surface area contributed by atoms with Crippen LogP contribution in [-0.4, -0.2) is 30.0 Å². The number of ether oxygens (including phenoxy) is 1. The summed E-state index contributed by atoms with van der Waals surface area (Å²) in [6, 6.07) is 8.73. The molecule has 3 nitrogen and oxygen atoms in total. The maximum atomic E-state index is 12.9. The van der Waals surface area contributed by atoms with Crippen LogP contribution in [0.5, 0.6) is 5.75 Å². The number of para-hydroxylation sites is 1. The lowest BCUT2D eigenvalue weighted by Crippen LogP contribution is -2.45. The smallest absolute Gasteiger partial charge is 0.227 e. The van der Waals surface area contributed by atoms with E-state index < -0.39 is 0 Å². The Morgan fingerprint density at radius 1 is 1.17 bits per heavy atom. The Balaban J connectivity index is 1.47. The number of benzene rings is 1. The van der Waals surface area contributed by atoms with Gasteiger partial charge in [-0.05, 0) is 50.5 Å². The van der Waals surface area contributed by atoms with Crippen molar-refractivity contribution in [2.45, 2.75) is 57.0 Å². The Morgan fingerprint density at radius 3 is 2.52 bits per heavy atom. The van der Waals surface area contributed by atoms with E-state index in [2.05, 4.69) is 11.0 Å². The van der Waals surface area contributed by atoms with E-state index in [4.69, 9.17) is 4.74 Å². The van der Waals surface area contributed by atoms with Gasteiger partial charge in [0.15, 0.2) is 0 Å². The molecule has 0 aromatic heterocycles. The number of hydrogen-bond acceptors (Lipinski definition) is 2. The lowest BCUT2D eigenvalue weighted by atomic mass is 9.94. The van der Waals surface area contributed by atoms with Gasteiger partial charge in [0.25, 0.3) is 0 Å². The summed E-state index contributed by atoms with van der Waals surface area (Å²) in [6.07, 6.45) is 10.3. The van der Waals surface area contributed by atoms with E-state index in [9.17, 15) is 4.79 Å². The van der Waals surface area contributed by atoms with Gasteiger partial charge in [-0.3, -0.25) is 4.79 Å². The van der Waals surface area contributed by atoms with Crippen molar-refractivity contribution in [2.24, 2.45) is 5.92 Å². The normalized spacial score (nSPS) is 26.3. The van der Waals surface area contributed by atoms with E-state index in [0.29, 0.717) is 18.5 Å². The zero-order valence-corrected chi connectivity index (χ0v) is 13.8. The van der Waals surface area contributed by atoms with Gasteiger partial charge in [0.1, 0.15) is 5.75 Å². The van der Waals surface area contributed by atoms with E-state index in [1.165, 1.54) is 25.7 Å². The first-order chi connectivity index (χ1) is 11.2. The predicted octanol–water partition coefficient (Wildman–Crippen LogP) is 3.73. The minimum Gasteiger partial charge on any atom is -0.496 e. The number of carbonyl (C=O) groups excluding carboxylic acids is 1. The Morgan fingerprint density at radius 2 is 1.87 bits per heavy atom. The maximum absolute atomic E-state index is 12.9. The number of rotatable bonds is 4. The molecule has 0 N–H and O–H groups in total. The molecule has 1 aromatic carbocycles. The van der Waals surface area contributed by atoms with Crippen LogP contribution in [0.25, 0.3) is 0 Å². The van der Waals surface area contributed by atoms with Crippen LogP contribution in [0.3, 0.4) is 0 Å². The van der Waals surface area contributed by atoms with Gasteiger partial charge >= 0.3 is 0 Å². The zero-order valence-electron chi connectivity index (χ0n) is 13.8. The molecule has 23 heavy (non-hydrogen) atoms. The van der Waals surface area contributed by atoms with E-state index in [-0.39, 0.29) is 5.91 Å². The first-order valence-electron chi connectivity index (χ1n) is 8.87. The summed E-state index contributed by atoms with van der Waals surface area (Å²) < 4.78 is 5.39. The molecule has 122 valence electrons. The Bertz CT molecular complexity index is 616. The highest BCUT2D eigenvalue weighted by Crippen LogP contribution is 2.41. The van der Waals surface area contributed by atoms with Gasteiger partial charge in [0.2, 0.25) is 5.91 Å². The molecule has 4 rings (SSSR count). The summed E-state index contributed by atoms with van der Waals surface area (Å²) in [5, 5.41) is 0. The molecule has 2 unspecified atom stereocenters. The van der Waals surface area contributed by atoms with Crippen molar-refractivity contribution in [1.29, 1.82) is 0 Å². The van der Waals surface area contributed by atoms with E-state index in [0.717, 1.165) is 30.1 Å². The maximum Gasteiger partial charge on any atom is 0.227 e. The third kappa shape index (κ3) is 3.01. The molecule has 3 aliphatic rings. The average Bonchev–Trinajstić information content (AvgIpc) is 3.32. The SMILES string of the molecule is COc1ccccc1CC(=O)N1C2CCC1CC(=CC1CC1)C2. The molecule has 3 heteroatoms. The van der Waals surface area contributed by atoms with E-state index in [1.54, 1.807) is 12.7 Å². The van der Waals surface area contributed by atoms with Crippen LogP contribution >= 0.6 is 0 Å². The molecule has 0 spiro atoms. The van der Waals surface area contributed by atoms with Crippen molar-refractivity contribution in [2.75, 3.05) is 7.11 Å². The molecule has 2 aliphatic heterocycles. The summed E-state index contributed by atoms with van der Waals surface area (Å²) >= 11 is 0. The largest absolute Gasteiger partial charge is 0.496 e. The summed E-state index contributed by atoms with van der Waals surface area (Å²) in [6.45, 7) is 0. The third-order valence-electron chi connectivity index (χ3n) is 5.53. The number of fused-ring (bicyclic) bond motifs is 2. The first-order valence-corrected chi connectivity index (χ1v) is 8.87. The van der Waals surface area contributed by atoms with Gasteiger partial charge in [0.05, 0.1) is 13.5 Å². The Kier molecular flexibility index (Phi) is 3.88. The van der Waals surface area contributed by atoms with Crippen LogP contribution < -0.4 is 4.74 Å². The van der Waals surface area contributed by atoms with Crippen LogP contribution in [-0.2, 0) is 11.2 Å². The van der Waals surface area contributed by atoms with Gasteiger partial charge in [-0.1, -0.05) is 29.8 Å². The van der Waals surface area contributed by atoms with Crippen molar-refractivity contribution in [3.63, 3.8) is 0 Å². The molecule has 2 heterocycles. The summed E-state index contributed by atoms with van der Waals surface area (Å²) in [7, 11) is 1.67. The highest BCUT2D eigenvalue weighted by Gasteiger charge is 2.41. The van der Waals surface area contributed by atoms with Crippen LogP contribution in [0.15, 0.2) is 35.9 Å². The van der Waals surface area contributed by atoms with Crippen molar-refractivity contribution < 1.29 is 9.53 Å². The monoisotopic (exact) mass is 311 g/mol. The summed E-state index contributed by atoms with van der Waals surface area (Å²) in [4.78, 5) is 15.1. The molecular formula is C20H25NO2. The molecule has 2 atom stereocenters. The fourth-order valence-corrected chi connectivity index (χ4v) is 4.29. The van der Waals surface area contributed by atoms with Crippen molar-refractivity contribution in [3.8, 4) is 5.75 Å². The van der Waals surface area contributed by atoms with Gasteiger partial charge in [0, 0.05) is 17.6 Å². The number of nitrogens with zero attached hydrogens (tertiary/aromatic N) is 1. The second-order valence-electron chi connectivity index (χ2n) is 7.25. The van der Waals surface area contributed by atoms with Crippen LogP contribution in [0.2, 0.25) is 0 Å². The molecule has 1 aliphatic carbocycles. The molecule has 1 amide bonds. The number of amides is 1. The fraction of sp³-hybridized carbons (Fsp3) is 0.550. The Labute approximate surface area is 138 Å². The third-order valence-corrected chi connectivity index (χ3v) is 5.53. The van der Waals surface area contributed by atoms with Crippen molar-refractivity contribution in [3.05, 3.63) is 41.5 Å². The molecule has 0 radical (unpaired) electrons. The van der Waals surface area contributed by atoms with Crippen LogP contribution in [0.4, 0.5) is 0 Å². The van der Waals surface area contributed by atoms with Crippen molar-refractivity contribution >= 4 is 5.91 Å². The molecule has 2 saturated heterocycles. The topological polar surface area (TPSA) is 29.5 Å². The van der Waals surface area contributed by atoms with Gasteiger partial charge in [-0.15, -0.1) is 0 Å². The average molecular weight is 311 g/mol. The molecule has 3 fully saturated rings. The minimum absolute atomic E-state index is 0.271. The van der Waals surface area contributed by atoms with E-state index in [1.807, 2.05) is 24.3 Å². The molecular weight excluding hydrogens is 286 g/mol. The molecule has 1 aromatic rings. The van der Waals surface area contributed by atoms with Gasteiger partial charge in [-0.25, -0.2) is 0 Å². The molecule has 2 bridgehead atoms. The van der Waals surface area contributed by atoms with Crippen LogP contribution in [0, 0.1) is 5.92 Å². The summed E-state index contributed by atoms with van der Waals surface area (Å²) in [5.41, 5.74) is 2.61. The van der Waals surface area contributed by atoms with Crippen LogP contribution in [0.1, 0.15) is 44.1 Å². The number of carbonyl (C=O) groups is 1. The number of methoxy groups -OCH3 is 1. The zero-order chi connectivity index (χ0) is 15.8. The van der Waals surface area contributed by atoms with E-state index >= 15 is 0 Å². The van der Waals surface area contributed by atoms with Crippen molar-refractivity contribution in [1.82, 2.24) is 4.90 Å². The predicted molar refractivity (Wildman–Crippen MR) is 90.4 cm³/mol. The second kappa shape index (κ2) is 6.03. The highest BCUT2D eigenvalue weighted by atomic mass is 16.5. The molecule has 1 saturated carbocycles. The standard InChI is InChI=1S/C20H25NO2/c1-23-19-5-3-2-4-16(19)13-20(22)21-17-8-9-18(21)12-15(11-17)10-14-6-7-14/h2-5,10,14,17-18H,6-9,11-13H2,1H3. The van der Waals surface area contributed by atoms with Gasteiger partial charge in [-0.2, -0.15) is 0 Å². The first kappa shape index (κ1) is 14.8. The number of allylic oxidation sites excluding steroid dienone is 1. The second-order valence-corrected chi connectivity index (χ2v) is 7.25.